The molecule has 0 bridgehead atoms. The highest BCUT2D eigenvalue weighted by molar-refractivity contribution is 5.29. The molecule has 0 radical (unpaired) electrons. The molecule has 74 valence electrons. The Bertz CT molecular complexity index is 349. The highest BCUT2D eigenvalue weighted by Crippen LogP contribution is 2.32. The van der Waals surface area contributed by atoms with E-state index in [0.717, 1.165) is 0 Å². The van der Waals surface area contributed by atoms with Crippen molar-refractivity contribution in [2.75, 3.05) is 0 Å². The summed E-state index contributed by atoms with van der Waals surface area (Å²) in [5, 5.41) is 27.7. The van der Waals surface area contributed by atoms with E-state index in [2.05, 4.69) is 0 Å². The fourth-order valence-corrected chi connectivity index (χ4v) is 1.13. The summed E-state index contributed by atoms with van der Waals surface area (Å²) in [5.41, 5.74) is -0.189. The number of aliphatic hydroxyl groups is 1. The predicted molar refractivity (Wildman–Crippen MR) is 52.5 cm³/mol. The highest BCUT2D eigenvalue weighted by Gasteiger charge is 2.28. The molecular formula is C11H13NO2. The number of aromatic hydroxyl groups is 1. The summed E-state index contributed by atoms with van der Waals surface area (Å²) in [6.45, 7) is 3.34. The first-order valence-electron chi connectivity index (χ1n) is 4.35. The third-order valence-corrected chi connectivity index (χ3v) is 2.18. The van der Waals surface area contributed by atoms with E-state index in [-0.39, 0.29) is 5.75 Å². The molecule has 1 rings (SSSR count). The van der Waals surface area contributed by atoms with E-state index < -0.39 is 11.5 Å². The Morgan fingerprint density at radius 2 is 1.79 bits per heavy atom. The third kappa shape index (κ3) is 2.04. The van der Waals surface area contributed by atoms with Crippen molar-refractivity contribution in [2.45, 2.75) is 20.0 Å². The maximum atomic E-state index is 9.84. The zero-order valence-electron chi connectivity index (χ0n) is 8.23. The molecule has 14 heavy (non-hydrogen) atoms. The van der Waals surface area contributed by atoms with Crippen LogP contribution >= 0.6 is 0 Å². The summed E-state index contributed by atoms with van der Waals surface area (Å²) >= 11 is 0. The van der Waals surface area contributed by atoms with Gasteiger partial charge in [0.05, 0.1) is 17.6 Å². The van der Waals surface area contributed by atoms with E-state index in [1.54, 1.807) is 26.0 Å². The van der Waals surface area contributed by atoms with Gasteiger partial charge in [0, 0.05) is 0 Å². The number of nitriles is 1. The van der Waals surface area contributed by atoms with Gasteiger partial charge in [-0.2, -0.15) is 5.26 Å². The molecule has 0 saturated heterocycles. The minimum atomic E-state index is -0.840. The largest absolute Gasteiger partial charge is 0.508 e. The number of phenols is 1. The van der Waals surface area contributed by atoms with Crippen molar-refractivity contribution in [3.05, 3.63) is 29.8 Å². The normalized spacial score (nSPS) is 13.3. The minimum absolute atomic E-state index is 0.149. The van der Waals surface area contributed by atoms with Gasteiger partial charge in [-0.1, -0.05) is 12.1 Å². The number of benzene rings is 1. The van der Waals surface area contributed by atoms with Crippen LogP contribution < -0.4 is 0 Å². The van der Waals surface area contributed by atoms with Gasteiger partial charge in [-0.05, 0) is 31.5 Å². The fraction of sp³-hybridized carbons (Fsp3) is 0.364. The summed E-state index contributed by atoms with van der Waals surface area (Å²) in [7, 11) is 0. The average Bonchev–Trinajstić information content (AvgIpc) is 2.18. The number of rotatable bonds is 2. The first-order valence-corrected chi connectivity index (χ1v) is 4.35. The van der Waals surface area contributed by atoms with E-state index in [4.69, 9.17) is 10.4 Å². The van der Waals surface area contributed by atoms with Gasteiger partial charge >= 0.3 is 0 Å². The van der Waals surface area contributed by atoms with Crippen LogP contribution in [-0.2, 0) is 0 Å². The molecule has 0 amide bonds. The Hall–Kier alpha value is -1.53. The van der Waals surface area contributed by atoms with Crippen molar-refractivity contribution in [2.24, 2.45) is 5.41 Å². The Labute approximate surface area is 83.2 Å². The second kappa shape index (κ2) is 3.69. The van der Waals surface area contributed by atoms with Crippen LogP contribution in [0.15, 0.2) is 24.3 Å². The Balaban J connectivity index is 2.96. The minimum Gasteiger partial charge on any atom is -0.508 e. The van der Waals surface area contributed by atoms with Crippen LogP contribution in [0.5, 0.6) is 5.75 Å². The third-order valence-electron chi connectivity index (χ3n) is 2.18. The number of hydrogen-bond donors (Lipinski definition) is 2. The van der Waals surface area contributed by atoms with Gasteiger partial charge in [0.15, 0.2) is 0 Å². The standard InChI is InChI=1S/C11H13NO2/c1-11(2,7-12)10(14)8-3-5-9(13)6-4-8/h3-6,10,13-14H,1-2H3/t10-/m0/s1. The molecule has 0 aliphatic heterocycles. The van der Waals surface area contributed by atoms with E-state index in [9.17, 15) is 5.11 Å². The second-order valence-corrected chi connectivity index (χ2v) is 3.83. The number of phenolic OH excluding ortho intramolecular Hbond substituents is 1. The molecule has 0 aromatic heterocycles. The van der Waals surface area contributed by atoms with Crippen LogP contribution in [0.1, 0.15) is 25.5 Å². The Morgan fingerprint density at radius 3 is 2.21 bits per heavy atom. The number of hydrogen-bond acceptors (Lipinski definition) is 3. The molecule has 1 aromatic carbocycles. The van der Waals surface area contributed by atoms with Crippen molar-refractivity contribution in [1.82, 2.24) is 0 Å². The summed E-state index contributed by atoms with van der Waals surface area (Å²) in [5.74, 6) is 0.149. The first-order chi connectivity index (χ1) is 6.47. The summed E-state index contributed by atoms with van der Waals surface area (Å²) < 4.78 is 0. The van der Waals surface area contributed by atoms with E-state index in [1.165, 1.54) is 12.1 Å². The maximum Gasteiger partial charge on any atom is 0.115 e. The molecular weight excluding hydrogens is 178 g/mol. The van der Waals surface area contributed by atoms with Crippen molar-refractivity contribution in [1.29, 1.82) is 5.26 Å². The SMILES string of the molecule is CC(C)(C#N)[C@@H](O)c1ccc(O)cc1. The Morgan fingerprint density at radius 1 is 1.29 bits per heavy atom. The molecule has 0 heterocycles. The van der Waals surface area contributed by atoms with Gasteiger partial charge in [0.25, 0.3) is 0 Å². The quantitative estimate of drug-likeness (QED) is 0.751. The lowest BCUT2D eigenvalue weighted by Gasteiger charge is -2.23. The molecule has 0 fully saturated rings. The van der Waals surface area contributed by atoms with Crippen LogP contribution in [0.2, 0.25) is 0 Å². The molecule has 1 aromatic rings. The number of nitrogens with zero attached hydrogens (tertiary/aromatic N) is 1. The lowest BCUT2D eigenvalue weighted by Crippen LogP contribution is -2.19. The molecule has 3 heteroatoms. The Kier molecular flexibility index (Phi) is 2.78. The van der Waals surface area contributed by atoms with E-state index >= 15 is 0 Å². The first kappa shape index (κ1) is 10.6. The zero-order valence-corrected chi connectivity index (χ0v) is 8.23. The maximum absolute atomic E-state index is 9.84. The van der Waals surface area contributed by atoms with Crippen LogP contribution in [0.3, 0.4) is 0 Å². The van der Waals surface area contributed by atoms with Gasteiger partial charge in [0.1, 0.15) is 5.75 Å². The molecule has 0 aliphatic rings. The van der Waals surface area contributed by atoms with Gasteiger partial charge in [-0.15, -0.1) is 0 Å². The molecule has 0 spiro atoms. The van der Waals surface area contributed by atoms with Crippen LogP contribution in [-0.4, -0.2) is 10.2 Å². The molecule has 0 aliphatic carbocycles. The monoisotopic (exact) mass is 191 g/mol. The molecule has 0 saturated carbocycles. The lowest BCUT2D eigenvalue weighted by molar-refractivity contribution is 0.0867. The van der Waals surface area contributed by atoms with Gasteiger partial charge in [-0.3, -0.25) is 0 Å². The van der Waals surface area contributed by atoms with Crippen LogP contribution in [0.4, 0.5) is 0 Å². The van der Waals surface area contributed by atoms with Gasteiger partial charge in [-0.25, -0.2) is 0 Å². The van der Waals surface area contributed by atoms with Crippen LogP contribution in [0, 0.1) is 16.7 Å². The molecule has 3 nitrogen and oxygen atoms in total. The predicted octanol–water partition coefficient (Wildman–Crippen LogP) is 1.98. The smallest absolute Gasteiger partial charge is 0.115 e. The molecule has 0 unspecified atom stereocenters. The summed E-state index contributed by atoms with van der Waals surface area (Å²) in [6, 6.07) is 8.25. The highest BCUT2D eigenvalue weighted by atomic mass is 16.3. The topological polar surface area (TPSA) is 64.2 Å². The van der Waals surface area contributed by atoms with E-state index in [1.807, 2.05) is 6.07 Å². The van der Waals surface area contributed by atoms with Crippen molar-refractivity contribution < 1.29 is 10.2 Å². The number of aliphatic hydroxyl groups excluding tert-OH is 1. The van der Waals surface area contributed by atoms with E-state index in [0.29, 0.717) is 5.56 Å². The zero-order chi connectivity index (χ0) is 10.8. The second-order valence-electron chi connectivity index (χ2n) is 3.83. The van der Waals surface area contributed by atoms with Crippen molar-refractivity contribution in [3.8, 4) is 11.8 Å². The van der Waals surface area contributed by atoms with Crippen molar-refractivity contribution in [3.63, 3.8) is 0 Å². The summed E-state index contributed by atoms with van der Waals surface area (Å²) in [6.07, 6.45) is -0.840. The van der Waals surface area contributed by atoms with Crippen LogP contribution in [0.25, 0.3) is 0 Å². The molecule has 1 atom stereocenters. The van der Waals surface area contributed by atoms with Gasteiger partial charge in [0.2, 0.25) is 0 Å². The van der Waals surface area contributed by atoms with Gasteiger partial charge < -0.3 is 10.2 Å². The summed E-state index contributed by atoms with van der Waals surface area (Å²) in [4.78, 5) is 0. The lowest BCUT2D eigenvalue weighted by atomic mass is 9.84. The van der Waals surface area contributed by atoms with Crippen molar-refractivity contribution >= 4 is 0 Å². The molecule has 2 N–H and O–H groups in total. The average molecular weight is 191 g/mol. The fourth-order valence-electron chi connectivity index (χ4n) is 1.13.